The number of rotatable bonds is 8. The fourth-order valence-electron chi connectivity index (χ4n) is 4.79. The van der Waals surface area contributed by atoms with E-state index in [0.717, 1.165) is 46.5 Å². The van der Waals surface area contributed by atoms with Crippen molar-refractivity contribution in [2.45, 2.75) is 20.1 Å². The highest BCUT2D eigenvalue weighted by Gasteiger charge is 2.23. The molecule has 0 saturated carbocycles. The number of hydrogen-bond donors (Lipinski definition) is 1. The second kappa shape index (κ2) is 10.2. The average molecular weight is 502 g/mol. The van der Waals surface area contributed by atoms with Gasteiger partial charge in [0.05, 0.1) is 35.2 Å². The number of hydrogen-bond acceptors (Lipinski definition) is 8. The fraction of sp³-hybridized carbons (Fsp3) is 0.333. The predicted octanol–water partition coefficient (Wildman–Crippen LogP) is 4.59. The molecule has 10 heteroatoms. The molecule has 10 nitrogen and oxygen atoms in total. The lowest BCUT2D eigenvalue weighted by Gasteiger charge is -2.22. The molecule has 5 rings (SSSR count). The highest BCUT2D eigenvalue weighted by Crippen LogP contribution is 2.37. The first-order valence-corrected chi connectivity index (χ1v) is 12.3. The van der Waals surface area contributed by atoms with Gasteiger partial charge in [-0.3, -0.25) is 10.1 Å². The van der Waals surface area contributed by atoms with Crippen molar-refractivity contribution in [3.63, 3.8) is 0 Å². The summed E-state index contributed by atoms with van der Waals surface area (Å²) < 4.78 is 8.07. The molecule has 2 aromatic heterocycles. The molecule has 3 heterocycles. The second-order valence-corrected chi connectivity index (χ2v) is 9.57. The molecule has 0 amide bonds. The lowest BCUT2D eigenvalue weighted by molar-refractivity contribution is -0.384. The van der Waals surface area contributed by atoms with Gasteiger partial charge < -0.3 is 24.4 Å². The number of nitro groups is 1. The van der Waals surface area contributed by atoms with E-state index in [0.29, 0.717) is 37.1 Å². The van der Waals surface area contributed by atoms with Gasteiger partial charge in [0, 0.05) is 55.4 Å². The molecule has 0 unspecified atom stereocenters. The van der Waals surface area contributed by atoms with Crippen LogP contribution in [0, 0.1) is 17.0 Å². The third-order valence-electron chi connectivity index (χ3n) is 6.75. The minimum absolute atomic E-state index is 0.0372. The van der Waals surface area contributed by atoms with Crippen molar-refractivity contribution in [2.24, 2.45) is 0 Å². The minimum Gasteiger partial charge on any atom is -0.373 e. The third kappa shape index (κ3) is 4.85. The van der Waals surface area contributed by atoms with Crippen molar-refractivity contribution in [1.82, 2.24) is 19.4 Å². The average Bonchev–Trinajstić information content (AvgIpc) is 3.23. The van der Waals surface area contributed by atoms with Crippen LogP contribution in [0.2, 0.25) is 0 Å². The summed E-state index contributed by atoms with van der Waals surface area (Å²) in [6, 6.07) is 13.6. The summed E-state index contributed by atoms with van der Waals surface area (Å²) >= 11 is 0. The van der Waals surface area contributed by atoms with Crippen LogP contribution in [-0.4, -0.2) is 65.2 Å². The Morgan fingerprint density at radius 1 is 1.16 bits per heavy atom. The van der Waals surface area contributed by atoms with Gasteiger partial charge in [-0.1, -0.05) is 18.2 Å². The molecule has 192 valence electrons. The lowest BCUT2D eigenvalue weighted by atomic mass is 10.1. The maximum Gasteiger partial charge on any atom is 0.294 e. The van der Waals surface area contributed by atoms with Crippen LogP contribution in [0.25, 0.3) is 22.2 Å². The summed E-state index contributed by atoms with van der Waals surface area (Å²) in [6.45, 7) is 5.38. The van der Waals surface area contributed by atoms with E-state index in [-0.39, 0.29) is 10.6 Å². The summed E-state index contributed by atoms with van der Waals surface area (Å²) in [5.41, 5.74) is 6.14. The molecule has 0 spiro atoms. The van der Waals surface area contributed by atoms with E-state index < -0.39 is 0 Å². The summed E-state index contributed by atoms with van der Waals surface area (Å²) in [4.78, 5) is 24.8. The van der Waals surface area contributed by atoms with E-state index in [4.69, 9.17) is 9.72 Å². The number of nitro benzene ring substituents is 1. The lowest BCUT2D eigenvalue weighted by Crippen LogP contribution is -2.29. The van der Waals surface area contributed by atoms with Crippen LogP contribution < -0.4 is 10.2 Å². The van der Waals surface area contributed by atoms with Crippen LogP contribution in [0.15, 0.2) is 48.7 Å². The van der Waals surface area contributed by atoms with Crippen LogP contribution in [0.5, 0.6) is 0 Å². The van der Waals surface area contributed by atoms with Gasteiger partial charge in [0.1, 0.15) is 5.69 Å². The molecule has 0 aliphatic carbocycles. The summed E-state index contributed by atoms with van der Waals surface area (Å²) in [5, 5.41) is 16.3. The van der Waals surface area contributed by atoms with Crippen LogP contribution in [-0.2, 0) is 17.9 Å². The molecule has 0 atom stereocenters. The standard InChI is InChI=1S/C27H31N7O3/c1-18-15-23(32(4)12-11-31(2)3)24(34(35)36)16-21(18)30-27-28-10-9-20(29-27)26-19-7-5-6-8-22(19)33-13-14-37-17-25(26)33/h5-10,15-16H,11-14,17H2,1-4H3,(H,28,29,30). The number of nitrogens with zero attached hydrogens (tertiary/aromatic N) is 6. The fourth-order valence-corrected chi connectivity index (χ4v) is 4.79. The number of ether oxygens (including phenoxy) is 1. The van der Waals surface area contributed by atoms with E-state index in [9.17, 15) is 10.1 Å². The smallest absolute Gasteiger partial charge is 0.294 e. The predicted molar refractivity (Wildman–Crippen MR) is 146 cm³/mol. The Kier molecular flexibility index (Phi) is 6.77. The van der Waals surface area contributed by atoms with Gasteiger partial charge >= 0.3 is 0 Å². The van der Waals surface area contributed by atoms with Crippen molar-refractivity contribution in [3.05, 3.63) is 70.0 Å². The van der Waals surface area contributed by atoms with Gasteiger partial charge in [-0.15, -0.1) is 0 Å². The van der Waals surface area contributed by atoms with E-state index in [1.165, 1.54) is 0 Å². The number of nitrogens with one attached hydrogen (secondary N) is 1. The Hall–Kier alpha value is -4.02. The molecule has 0 saturated heterocycles. The van der Waals surface area contributed by atoms with Gasteiger partial charge in [0.15, 0.2) is 0 Å². The number of aromatic nitrogens is 3. The van der Waals surface area contributed by atoms with Gasteiger partial charge in [-0.2, -0.15) is 0 Å². The maximum atomic E-state index is 11.9. The molecule has 37 heavy (non-hydrogen) atoms. The van der Waals surface area contributed by atoms with Crippen molar-refractivity contribution in [1.29, 1.82) is 0 Å². The summed E-state index contributed by atoms with van der Waals surface area (Å²) in [6.07, 6.45) is 1.71. The number of aryl methyl sites for hydroxylation is 1. The first-order valence-electron chi connectivity index (χ1n) is 12.3. The van der Waals surface area contributed by atoms with E-state index in [1.54, 1.807) is 12.3 Å². The quantitative estimate of drug-likeness (QED) is 0.276. The minimum atomic E-state index is -0.344. The van der Waals surface area contributed by atoms with Gasteiger partial charge in [-0.25, -0.2) is 9.97 Å². The molecular formula is C27H31N7O3. The van der Waals surface area contributed by atoms with Crippen molar-refractivity contribution in [3.8, 4) is 11.3 Å². The van der Waals surface area contributed by atoms with E-state index >= 15 is 0 Å². The maximum absolute atomic E-state index is 11.9. The summed E-state index contributed by atoms with van der Waals surface area (Å²) in [7, 11) is 5.83. The van der Waals surface area contributed by atoms with Crippen LogP contribution in [0.4, 0.5) is 23.0 Å². The first-order chi connectivity index (χ1) is 17.8. The SMILES string of the molecule is Cc1cc(N(C)CCN(C)C)c([N+](=O)[O-])cc1Nc1nccc(-c2c3n(c4ccccc24)CCOC3)n1. The normalized spacial score (nSPS) is 13.1. The third-order valence-corrected chi connectivity index (χ3v) is 6.75. The molecule has 2 aromatic carbocycles. The molecule has 4 aromatic rings. The molecule has 0 radical (unpaired) electrons. The number of benzene rings is 2. The van der Waals surface area contributed by atoms with E-state index in [2.05, 4.69) is 27.0 Å². The first kappa shape index (κ1) is 24.7. The molecule has 1 aliphatic heterocycles. The Morgan fingerprint density at radius 2 is 1.97 bits per heavy atom. The van der Waals surface area contributed by atoms with Crippen LogP contribution in [0.1, 0.15) is 11.3 Å². The second-order valence-electron chi connectivity index (χ2n) is 9.57. The van der Waals surface area contributed by atoms with Crippen molar-refractivity contribution in [2.75, 3.05) is 51.1 Å². The number of likely N-dealkylation sites (N-methyl/N-ethyl adjacent to an activating group) is 2. The zero-order valence-electron chi connectivity index (χ0n) is 21.6. The zero-order chi connectivity index (χ0) is 26.1. The van der Waals surface area contributed by atoms with Gasteiger partial charge in [-0.05, 0) is 44.8 Å². The largest absolute Gasteiger partial charge is 0.373 e. The Bertz CT molecular complexity index is 1460. The number of para-hydroxylation sites is 1. The number of anilines is 3. The van der Waals surface area contributed by atoms with Gasteiger partial charge in [0.25, 0.3) is 5.69 Å². The zero-order valence-corrected chi connectivity index (χ0v) is 21.6. The Labute approximate surface area is 215 Å². The van der Waals surface area contributed by atoms with Gasteiger partial charge in [0.2, 0.25) is 5.95 Å². The van der Waals surface area contributed by atoms with Crippen LogP contribution >= 0.6 is 0 Å². The molecule has 1 aliphatic rings. The van der Waals surface area contributed by atoms with E-state index in [1.807, 2.05) is 62.1 Å². The Balaban J connectivity index is 1.50. The topological polar surface area (TPSA) is 102 Å². The summed E-state index contributed by atoms with van der Waals surface area (Å²) in [5.74, 6) is 0.379. The van der Waals surface area contributed by atoms with Crippen molar-refractivity contribution >= 4 is 33.9 Å². The monoisotopic (exact) mass is 501 g/mol. The molecule has 1 N–H and O–H groups in total. The Morgan fingerprint density at radius 3 is 2.76 bits per heavy atom. The molecular weight excluding hydrogens is 470 g/mol. The highest BCUT2D eigenvalue weighted by molar-refractivity contribution is 5.97. The van der Waals surface area contributed by atoms with Crippen LogP contribution in [0.3, 0.4) is 0 Å². The highest BCUT2D eigenvalue weighted by atomic mass is 16.6. The number of fused-ring (bicyclic) bond motifs is 3. The van der Waals surface area contributed by atoms with Crippen molar-refractivity contribution < 1.29 is 9.66 Å². The molecule has 0 bridgehead atoms. The molecule has 0 fully saturated rings.